The minimum absolute atomic E-state index is 0.0193. The smallest absolute Gasteiger partial charge is 0.347 e. The van der Waals surface area contributed by atoms with Crippen LogP contribution in [-0.4, -0.2) is 24.2 Å². The fraction of sp³-hybridized carbons (Fsp3) is 0.190. The molecule has 0 bridgehead atoms. The molecule has 0 spiro atoms. The Balaban J connectivity index is 2.08. The minimum Gasteiger partial charge on any atom is -0.482 e. The molecule has 1 amide bonds. The lowest BCUT2D eigenvalue weighted by Crippen LogP contribution is -2.25. The number of primary amides is 1. The minimum atomic E-state index is -0.945. The zero-order chi connectivity index (χ0) is 21.0. The van der Waals surface area contributed by atoms with Gasteiger partial charge in [-0.25, -0.2) is 9.79 Å². The summed E-state index contributed by atoms with van der Waals surface area (Å²) in [6.45, 7) is 1.73. The van der Waals surface area contributed by atoms with Gasteiger partial charge in [-0.15, -0.1) is 0 Å². The normalized spacial score (nSPS) is 19.0. The molecular weight excluding hydrogens is 415 g/mol. The summed E-state index contributed by atoms with van der Waals surface area (Å²) in [5, 5.41) is 1.15. The van der Waals surface area contributed by atoms with Crippen molar-refractivity contribution in [3.8, 4) is 0 Å². The molecule has 1 heterocycles. The second-order valence-corrected chi connectivity index (χ2v) is 7.06. The predicted molar refractivity (Wildman–Crippen MR) is 111 cm³/mol. The third-order valence-corrected chi connectivity index (χ3v) is 4.69. The van der Waals surface area contributed by atoms with Crippen LogP contribution >= 0.6 is 23.2 Å². The third-order valence-electron chi connectivity index (χ3n) is 4.19. The van der Waals surface area contributed by atoms with Crippen molar-refractivity contribution >= 4 is 46.5 Å². The number of amides is 1. The van der Waals surface area contributed by atoms with Gasteiger partial charge in [0.25, 0.3) is 5.91 Å². The second-order valence-electron chi connectivity index (χ2n) is 6.19. The van der Waals surface area contributed by atoms with E-state index in [2.05, 4.69) is 4.99 Å². The average molecular weight is 433 g/mol. The number of carbonyl (C=O) groups is 2. The standard InChI is InChI=1S/C21H18Cl2N2O4/c1-2-28-21(27)18(20(24)26)19-16(25-15-9-7-14(23)8-10-15)11-17(29-19)12-3-5-13(22)6-4-12/h3-10,17H,2,11H2,1H3,(H2,24,26)/b19-18-,25-16?/t17-/m1/s1. The Hall–Kier alpha value is -2.83. The quantitative estimate of drug-likeness (QED) is 0.325. The molecule has 29 heavy (non-hydrogen) atoms. The van der Waals surface area contributed by atoms with Crippen molar-refractivity contribution in [2.24, 2.45) is 10.7 Å². The maximum Gasteiger partial charge on any atom is 0.347 e. The first-order chi connectivity index (χ1) is 13.9. The lowest BCUT2D eigenvalue weighted by molar-refractivity contribution is -0.140. The molecule has 2 aromatic carbocycles. The van der Waals surface area contributed by atoms with Gasteiger partial charge in [-0.3, -0.25) is 4.79 Å². The molecule has 0 aromatic heterocycles. The van der Waals surface area contributed by atoms with Crippen LogP contribution in [0.3, 0.4) is 0 Å². The number of allylic oxidation sites excluding steroid dienone is 1. The van der Waals surface area contributed by atoms with Crippen molar-refractivity contribution in [1.82, 2.24) is 0 Å². The summed E-state index contributed by atoms with van der Waals surface area (Å²) >= 11 is 11.9. The highest BCUT2D eigenvalue weighted by Crippen LogP contribution is 2.37. The van der Waals surface area contributed by atoms with Crippen molar-refractivity contribution in [1.29, 1.82) is 0 Å². The summed E-state index contributed by atoms with van der Waals surface area (Å²) in [5.74, 6) is -1.78. The van der Waals surface area contributed by atoms with Crippen molar-refractivity contribution in [3.05, 3.63) is 75.5 Å². The molecule has 0 aliphatic carbocycles. The molecule has 1 saturated heterocycles. The molecule has 3 rings (SSSR count). The summed E-state index contributed by atoms with van der Waals surface area (Å²) in [5.41, 5.74) is 6.92. The number of carbonyl (C=O) groups excluding carboxylic acids is 2. The van der Waals surface area contributed by atoms with E-state index in [-0.39, 0.29) is 17.9 Å². The molecule has 1 fully saturated rings. The summed E-state index contributed by atoms with van der Waals surface area (Å²) in [6, 6.07) is 13.9. The molecule has 1 aliphatic rings. The molecule has 1 atom stereocenters. The molecule has 0 radical (unpaired) electrons. The van der Waals surface area contributed by atoms with Crippen LogP contribution in [0.15, 0.2) is 64.9 Å². The fourth-order valence-corrected chi connectivity index (χ4v) is 3.12. The average Bonchev–Trinajstić information content (AvgIpc) is 3.07. The lowest BCUT2D eigenvalue weighted by atomic mass is 10.0. The molecule has 1 aliphatic heterocycles. The van der Waals surface area contributed by atoms with Crippen LogP contribution in [0, 0.1) is 0 Å². The first-order valence-electron chi connectivity index (χ1n) is 8.86. The topological polar surface area (TPSA) is 91.0 Å². The first-order valence-corrected chi connectivity index (χ1v) is 9.61. The molecule has 2 N–H and O–H groups in total. The van der Waals surface area contributed by atoms with E-state index in [4.69, 9.17) is 38.4 Å². The maximum absolute atomic E-state index is 12.4. The molecule has 6 nitrogen and oxygen atoms in total. The van der Waals surface area contributed by atoms with E-state index in [1.165, 1.54) is 0 Å². The number of nitrogens with two attached hydrogens (primary N) is 1. The summed E-state index contributed by atoms with van der Waals surface area (Å²) in [4.78, 5) is 28.9. The highest BCUT2D eigenvalue weighted by molar-refractivity contribution is 6.31. The molecule has 8 heteroatoms. The predicted octanol–water partition coefficient (Wildman–Crippen LogP) is 4.53. The zero-order valence-corrected chi connectivity index (χ0v) is 17.0. The molecule has 150 valence electrons. The SMILES string of the molecule is CCOC(=O)/C(C(N)=O)=C1\O[C@@H](c2ccc(Cl)cc2)CC1=Nc1ccc(Cl)cc1. The highest BCUT2D eigenvalue weighted by atomic mass is 35.5. The number of rotatable bonds is 5. The van der Waals surface area contributed by atoms with Crippen molar-refractivity contribution in [3.63, 3.8) is 0 Å². The van der Waals surface area contributed by atoms with Gasteiger partial charge in [-0.05, 0) is 48.9 Å². The van der Waals surface area contributed by atoms with E-state index >= 15 is 0 Å². The van der Waals surface area contributed by atoms with Gasteiger partial charge in [0.05, 0.1) is 18.0 Å². The van der Waals surface area contributed by atoms with Gasteiger partial charge in [0.1, 0.15) is 6.10 Å². The number of hydrogen-bond acceptors (Lipinski definition) is 5. The molecular formula is C21H18Cl2N2O4. The van der Waals surface area contributed by atoms with Gasteiger partial charge in [-0.2, -0.15) is 0 Å². The molecule has 2 aromatic rings. The summed E-state index contributed by atoms with van der Waals surface area (Å²) < 4.78 is 10.9. The van der Waals surface area contributed by atoms with E-state index in [0.29, 0.717) is 27.9 Å². The maximum atomic E-state index is 12.4. The Labute approximate surface area is 177 Å². The van der Waals surface area contributed by atoms with Crippen molar-refractivity contribution in [2.45, 2.75) is 19.4 Å². The Kier molecular flexibility index (Phi) is 6.56. The number of ether oxygens (including phenoxy) is 2. The largest absolute Gasteiger partial charge is 0.482 e. The summed E-state index contributed by atoms with van der Waals surface area (Å²) in [7, 11) is 0. The number of esters is 1. The van der Waals surface area contributed by atoms with Gasteiger partial charge in [0, 0.05) is 16.5 Å². The van der Waals surface area contributed by atoms with E-state index < -0.39 is 18.0 Å². The van der Waals surface area contributed by atoms with Crippen LogP contribution < -0.4 is 5.73 Å². The van der Waals surface area contributed by atoms with Crippen LogP contribution in [0.4, 0.5) is 5.69 Å². The number of benzene rings is 2. The zero-order valence-electron chi connectivity index (χ0n) is 15.5. The van der Waals surface area contributed by atoms with E-state index in [9.17, 15) is 9.59 Å². The second kappa shape index (κ2) is 9.11. The Morgan fingerprint density at radius 2 is 1.69 bits per heavy atom. The van der Waals surface area contributed by atoms with E-state index in [0.717, 1.165) is 5.56 Å². The number of hydrogen-bond donors (Lipinski definition) is 1. The van der Waals surface area contributed by atoms with Crippen LogP contribution in [0.1, 0.15) is 25.0 Å². The van der Waals surface area contributed by atoms with Gasteiger partial charge < -0.3 is 15.2 Å². The van der Waals surface area contributed by atoms with E-state index in [1.807, 2.05) is 12.1 Å². The van der Waals surface area contributed by atoms with Crippen LogP contribution in [-0.2, 0) is 19.1 Å². The van der Waals surface area contributed by atoms with Gasteiger partial charge in [0.2, 0.25) is 0 Å². The Morgan fingerprint density at radius 1 is 1.10 bits per heavy atom. The van der Waals surface area contributed by atoms with Gasteiger partial charge >= 0.3 is 5.97 Å². The van der Waals surface area contributed by atoms with Crippen LogP contribution in [0.5, 0.6) is 0 Å². The van der Waals surface area contributed by atoms with Crippen molar-refractivity contribution in [2.75, 3.05) is 6.61 Å². The number of aliphatic imine (C=N–C) groups is 1. The van der Waals surface area contributed by atoms with Crippen molar-refractivity contribution < 1.29 is 19.1 Å². The van der Waals surface area contributed by atoms with Gasteiger partial charge in [-0.1, -0.05) is 35.3 Å². The van der Waals surface area contributed by atoms with Gasteiger partial charge in [0.15, 0.2) is 11.3 Å². The molecule has 0 saturated carbocycles. The molecule has 0 unspecified atom stereocenters. The highest BCUT2D eigenvalue weighted by Gasteiger charge is 2.36. The fourth-order valence-electron chi connectivity index (χ4n) is 2.86. The number of nitrogens with zero attached hydrogens (tertiary/aromatic N) is 1. The summed E-state index contributed by atoms with van der Waals surface area (Å²) in [6.07, 6.45) is -0.132. The van der Waals surface area contributed by atoms with Crippen LogP contribution in [0.2, 0.25) is 10.0 Å². The Bertz CT molecular complexity index is 983. The Morgan fingerprint density at radius 3 is 2.24 bits per heavy atom. The van der Waals surface area contributed by atoms with E-state index in [1.54, 1.807) is 43.3 Å². The third kappa shape index (κ3) is 4.96. The lowest BCUT2D eigenvalue weighted by Gasteiger charge is -2.12. The monoisotopic (exact) mass is 432 g/mol. The first kappa shape index (κ1) is 20.9. The number of halogens is 2. The van der Waals surface area contributed by atoms with Crippen LogP contribution in [0.25, 0.3) is 0 Å².